The lowest BCUT2D eigenvalue weighted by Crippen LogP contribution is -2.24. The summed E-state index contributed by atoms with van der Waals surface area (Å²) in [6.45, 7) is 3.52. The van der Waals surface area contributed by atoms with Crippen LogP contribution in [0.1, 0.15) is 23.8 Å². The van der Waals surface area contributed by atoms with Gasteiger partial charge in [-0.1, -0.05) is 0 Å². The maximum atomic E-state index is 11.4. The summed E-state index contributed by atoms with van der Waals surface area (Å²) in [6.07, 6.45) is 2.28. The average Bonchev–Trinajstić information content (AvgIpc) is 2.88. The molecular weight excluding hydrogens is 232 g/mol. The standard InChI is InChI=1S/C13H18N2O3/c1-9(16)10-4-6-15(8-10)11-3-5-14-12(7-11)13(17)18-2/h3,5,7,9-10,16H,4,6,8H2,1-2H3. The number of methoxy groups -OCH3 is 1. The zero-order chi connectivity index (χ0) is 13.1. The van der Waals surface area contributed by atoms with Crippen molar-refractivity contribution in [3.05, 3.63) is 24.0 Å². The fraction of sp³-hybridized carbons (Fsp3) is 0.538. The number of ether oxygens (including phenoxy) is 1. The molecule has 1 N–H and O–H groups in total. The second-order valence-electron chi connectivity index (χ2n) is 4.63. The molecule has 2 heterocycles. The van der Waals surface area contributed by atoms with Gasteiger partial charge in [-0.25, -0.2) is 9.78 Å². The van der Waals surface area contributed by atoms with Gasteiger partial charge in [0.05, 0.1) is 13.2 Å². The van der Waals surface area contributed by atoms with E-state index in [-0.39, 0.29) is 6.10 Å². The first-order valence-corrected chi connectivity index (χ1v) is 6.09. The Hall–Kier alpha value is -1.62. The van der Waals surface area contributed by atoms with Gasteiger partial charge in [-0.2, -0.15) is 0 Å². The number of hydrogen-bond acceptors (Lipinski definition) is 5. The lowest BCUT2D eigenvalue weighted by Gasteiger charge is -2.19. The first kappa shape index (κ1) is 12.8. The van der Waals surface area contributed by atoms with Gasteiger partial charge in [0.1, 0.15) is 5.69 Å². The minimum absolute atomic E-state index is 0.291. The van der Waals surface area contributed by atoms with Crippen molar-refractivity contribution in [1.29, 1.82) is 0 Å². The lowest BCUT2D eigenvalue weighted by molar-refractivity contribution is 0.0594. The predicted octanol–water partition coefficient (Wildman–Crippen LogP) is 1.08. The fourth-order valence-electron chi connectivity index (χ4n) is 2.25. The van der Waals surface area contributed by atoms with E-state index in [1.54, 1.807) is 12.3 Å². The number of aliphatic hydroxyl groups excluding tert-OH is 1. The van der Waals surface area contributed by atoms with Crippen LogP contribution >= 0.6 is 0 Å². The normalized spacial score (nSPS) is 20.8. The first-order valence-electron chi connectivity index (χ1n) is 6.09. The number of esters is 1. The Kier molecular flexibility index (Phi) is 3.81. The molecule has 1 aromatic rings. The van der Waals surface area contributed by atoms with Crippen LogP contribution in [0.3, 0.4) is 0 Å². The molecule has 98 valence electrons. The van der Waals surface area contributed by atoms with Crippen molar-refractivity contribution in [2.75, 3.05) is 25.1 Å². The average molecular weight is 250 g/mol. The van der Waals surface area contributed by atoms with Crippen molar-refractivity contribution >= 4 is 11.7 Å². The highest BCUT2D eigenvalue weighted by atomic mass is 16.5. The number of hydrogen-bond donors (Lipinski definition) is 1. The third-order valence-corrected chi connectivity index (χ3v) is 3.41. The van der Waals surface area contributed by atoms with Gasteiger partial charge < -0.3 is 14.7 Å². The zero-order valence-corrected chi connectivity index (χ0v) is 10.7. The molecule has 1 fully saturated rings. The third kappa shape index (κ3) is 2.61. The topological polar surface area (TPSA) is 62.7 Å². The van der Waals surface area contributed by atoms with Gasteiger partial charge >= 0.3 is 5.97 Å². The van der Waals surface area contributed by atoms with Gasteiger partial charge in [0, 0.05) is 30.9 Å². The zero-order valence-electron chi connectivity index (χ0n) is 10.7. The molecule has 18 heavy (non-hydrogen) atoms. The largest absolute Gasteiger partial charge is 0.464 e. The summed E-state index contributed by atoms with van der Waals surface area (Å²) >= 11 is 0. The Morgan fingerprint density at radius 1 is 1.67 bits per heavy atom. The molecule has 5 nitrogen and oxygen atoms in total. The molecule has 1 aromatic heterocycles. The molecule has 1 aliphatic heterocycles. The molecule has 2 unspecified atom stereocenters. The molecule has 0 spiro atoms. The minimum Gasteiger partial charge on any atom is -0.464 e. The SMILES string of the molecule is COC(=O)c1cc(N2CCC(C(C)O)C2)ccn1. The van der Waals surface area contributed by atoms with Crippen LogP contribution < -0.4 is 4.90 Å². The van der Waals surface area contributed by atoms with E-state index in [0.29, 0.717) is 11.6 Å². The molecule has 0 bridgehead atoms. The fourth-order valence-corrected chi connectivity index (χ4v) is 2.25. The summed E-state index contributed by atoms with van der Waals surface area (Å²) in [5.41, 5.74) is 1.27. The Bertz CT molecular complexity index is 434. The van der Waals surface area contributed by atoms with E-state index in [2.05, 4.69) is 14.6 Å². The summed E-state index contributed by atoms with van der Waals surface area (Å²) in [5, 5.41) is 9.58. The van der Waals surface area contributed by atoms with Crippen molar-refractivity contribution in [2.24, 2.45) is 5.92 Å². The Morgan fingerprint density at radius 2 is 2.44 bits per heavy atom. The number of carbonyl (C=O) groups is 1. The maximum absolute atomic E-state index is 11.4. The molecule has 1 saturated heterocycles. The van der Waals surface area contributed by atoms with Gasteiger partial charge in [-0.3, -0.25) is 0 Å². The highest BCUT2D eigenvalue weighted by Gasteiger charge is 2.26. The summed E-state index contributed by atoms with van der Waals surface area (Å²) in [7, 11) is 1.34. The van der Waals surface area contributed by atoms with Crippen LogP contribution in [0.2, 0.25) is 0 Å². The summed E-state index contributed by atoms with van der Waals surface area (Å²) < 4.78 is 4.65. The van der Waals surface area contributed by atoms with E-state index in [9.17, 15) is 9.90 Å². The monoisotopic (exact) mass is 250 g/mol. The van der Waals surface area contributed by atoms with E-state index in [0.717, 1.165) is 25.2 Å². The summed E-state index contributed by atoms with van der Waals surface area (Å²) in [6, 6.07) is 3.60. The number of anilines is 1. The molecular formula is C13H18N2O3. The highest BCUT2D eigenvalue weighted by molar-refractivity contribution is 5.88. The van der Waals surface area contributed by atoms with Crippen LogP contribution in [0.4, 0.5) is 5.69 Å². The number of carbonyl (C=O) groups excluding carboxylic acids is 1. The molecule has 0 aromatic carbocycles. The quantitative estimate of drug-likeness (QED) is 0.813. The van der Waals surface area contributed by atoms with E-state index in [1.807, 2.05) is 13.0 Å². The van der Waals surface area contributed by atoms with E-state index in [4.69, 9.17) is 0 Å². The number of aliphatic hydroxyl groups is 1. The van der Waals surface area contributed by atoms with Crippen LogP contribution in [0.25, 0.3) is 0 Å². The summed E-state index contributed by atoms with van der Waals surface area (Å²) in [4.78, 5) is 17.6. The van der Waals surface area contributed by atoms with Gasteiger partial charge in [0.2, 0.25) is 0 Å². The predicted molar refractivity (Wildman–Crippen MR) is 67.6 cm³/mol. The Labute approximate surface area is 106 Å². The summed E-state index contributed by atoms with van der Waals surface area (Å²) in [5.74, 6) is -0.136. The molecule has 0 aliphatic carbocycles. The van der Waals surface area contributed by atoms with Crippen LogP contribution in [-0.2, 0) is 4.74 Å². The molecule has 0 amide bonds. The van der Waals surface area contributed by atoms with Crippen LogP contribution in [0, 0.1) is 5.92 Å². The number of aromatic nitrogens is 1. The van der Waals surface area contributed by atoms with Crippen LogP contribution in [-0.4, -0.2) is 42.4 Å². The number of rotatable bonds is 3. The van der Waals surface area contributed by atoms with Gasteiger partial charge in [-0.05, 0) is 25.5 Å². The van der Waals surface area contributed by atoms with E-state index in [1.165, 1.54) is 7.11 Å². The van der Waals surface area contributed by atoms with E-state index < -0.39 is 5.97 Å². The maximum Gasteiger partial charge on any atom is 0.356 e. The second-order valence-corrected chi connectivity index (χ2v) is 4.63. The van der Waals surface area contributed by atoms with Crippen molar-refractivity contribution in [2.45, 2.75) is 19.4 Å². The Balaban J connectivity index is 2.12. The van der Waals surface area contributed by atoms with Gasteiger partial charge in [0.15, 0.2) is 0 Å². The van der Waals surface area contributed by atoms with Gasteiger partial charge in [-0.15, -0.1) is 0 Å². The lowest BCUT2D eigenvalue weighted by atomic mass is 10.0. The molecule has 1 aliphatic rings. The van der Waals surface area contributed by atoms with Crippen molar-refractivity contribution in [3.63, 3.8) is 0 Å². The molecule has 0 saturated carbocycles. The van der Waals surface area contributed by atoms with Crippen molar-refractivity contribution in [1.82, 2.24) is 4.98 Å². The number of nitrogens with zero attached hydrogens (tertiary/aromatic N) is 2. The van der Waals surface area contributed by atoms with Gasteiger partial charge in [0.25, 0.3) is 0 Å². The third-order valence-electron chi connectivity index (χ3n) is 3.41. The smallest absolute Gasteiger partial charge is 0.356 e. The first-order chi connectivity index (χ1) is 8.61. The molecule has 2 atom stereocenters. The highest BCUT2D eigenvalue weighted by Crippen LogP contribution is 2.25. The van der Waals surface area contributed by atoms with Crippen LogP contribution in [0.5, 0.6) is 0 Å². The Morgan fingerprint density at radius 3 is 3.06 bits per heavy atom. The molecule has 2 rings (SSSR count). The molecule has 5 heteroatoms. The second kappa shape index (κ2) is 5.35. The van der Waals surface area contributed by atoms with E-state index >= 15 is 0 Å². The van der Waals surface area contributed by atoms with Crippen molar-refractivity contribution < 1.29 is 14.6 Å². The number of pyridine rings is 1. The minimum atomic E-state index is -0.428. The molecule has 0 radical (unpaired) electrons. The van der Waals surface area contributed by atoms with Crippen molar-refractivity contribution in [3.8, 4) is 0 Å². The van der Waals surface area contributed by atoms with Crippen LogP contribution in [0.15, 0.2) is 18.3 Å².